The van der Waals surface area contributed by atoms with Gasteiger partial charge in [0, 0.05) is 0 Å². The monoisotopic (exact) mass is 407 g/mol. The van der Waals surface area contributed by atoms with Crippen LogP contribution in [0.3, 0.4) is 0 Å². The lowest BCUT2D eigenvalue weighted by molar-refractivity contribution is -0.150. The van der Waals surface area contributed by atoms with Crippen molar-refractivity contribution in [3.8, 4) is 0 Å². The van der Waals surface area contributed by atoms with Crippen molar-refractivity contribution < 1.29 is 24.2 Å². The van der Waals surface area contributed by atoms with Crippen LogP contribution in [-0.4, -0.2) is 35.7 Å². The minimum absolute atomic E-state index is 0. The summed E-state index contributed by atoms with van der Waals surface area (Å²) in [4.78, 5) is 35.2. The number of halogens is 1. The van der Waals surface area contributed by atoms with Gasteiger partial charge in [-0.3, -0.25) is 14.4 Å². The highest BCUT2D eigenvalue weighted by molar-refractivity contribution is 5.90. The first kappa shape index (κ1) is 23.1. The van der Waals surface area contributed by atoms with E-state index in [0.29, 0.717) is 11.1 Å². The van der Waals surface area contributed by atoms with Gasteiger partial charge in [-0.15, -0.1) is 12.4 Å². The van der Waals surface area contributed by atoms with E-state index in [4.69, 9.17) is 16.2 Å². The van der Waals surface area contributed by atoms with Gasteiger partial charge in [-0.1, -0.05) is 60.7 Å². The van der Waals surface area contributed by atoms with Crippen molar-refractivity contribution in [3.05, 3.63) is 71.8 Å². The number of rotatable bonds is 8. The van der Waals surface area contributed by atoms with E-state index in [1.807, 2.05) is 0 Å². The van der Waals surface area contributed by atoms with Crippen LogP contribution in [0.15, 0.2) is 60.7 Å². The third-order valence-corrected chi connectivity index (χ3v) is 3.88. The molecule has 2 aromatic rings. The molecule has 0 heterocycles. The summed E-state index contributed by atoms with van der Waals surface area (Å²) in [6.45, 7) is -0.522. The Morgan fingerprint density at radius 2 is 1.46 bits per heavy atom. The van der Waals surface area contributed by atoms with Crippen LogP contribution in [0.2, 0.25) is 0 Å². The summed E-state index contributed by atoms with van der Waals surface area (Å²) >= 11 is 0. The number of nitrogens with one attached hydrogen (secondary N) is 1. The van der Waals surface area contributed by atoms with Crippen molar-refractivity contribution in [2.24, 2.45) is 11.5 Å². The summed E-state index contributed by atoms with van der Waals surface area (Å²) in [6, 6.07) is 15.5. The van der Waals surface area contributed by atoms with Crippen LogP contribution in [-0.2, 0) is 24.7 Å². The second kappa shape index (κ2) is 10.4. The molecular formula is C19H22ClN3O5. The largest absolute Gasteiger partial charge is 0.443 e. The Kier molecular flexibility index (Phi) is 8.59. The number of amides is 2. The molecule has 28 heavy (non-hydrogen) atoms. The number of benzene rings is 2. The van der Waals surface area contributed by atoms with Crippen LogP contribution >= 0.6 is 12.4 Å². The van der Waals surface area contributed by atoms with Gasteiger partial charge in [-0.25, -0.2) is 0 Å². The van der Waals surface area contributed by atoms with Crippen LogP contribution in [0.1, 0.15) is 17.5 Å². The minimum Gasteiger partial charge on any atom is -0.443 e. The molecule has 6 N–H and O–H groups in total. The number of primary amides is 1. The van der Waals surface area contributed by atoms with Crippen molar-refractivity contribution in [2.75, 3.05) is 6.73 Å². The Labute approximate surface area is 168 Å². The van der Waals surface area contributed by atoms with E-state index in [9.17, 15) is 19.5 Å². The van der Waals surface area contributed by atoms with Gasteiger partial charge in [-0.2, -0.15) is 0 Å². The summed E-state index contributed by atoms with van der Waals surface area (Å²) in [5.41, 5.74) is 9.15. The summed E-state index contributed by atoms with van der Waals surface area (Å²) < 4.78 is 4.83. The number of ether oxygens (including phenoxy) is 1. The second-order valence-corrected chi connectivity index (χ2v) is 5.83. The molecule has 0 aliphatic carbocycles. The van der Waals surface area contributed by atoms with Crippen LogP contribution in [0, 0.1) is 0 Å². The maximum atomic E-state index is 12.7. The minimum atomic E-state index is -1.98. The lowest BCUT2D eigenvalue weighted by Gasteiger charge is -2.28. The molecule has 9 heteroatoms. The fraction of sp³-hybridized carbons (Fsp3) is 0.211. The van der Waals surface area contributed by atoms with Crippen LogP contribution < -0.4 is 16.8 Å². The summed E-state index contributed by atoms with van der Waals surface area (Å²) in [5.74, 6) is -2.42. The second-order valence-electron chi connectivity index (χ2n) is 5.83. The number of hydrogen-bond donors (Lipinski definition) is 4. The predicted molar refractivity (Wildman–Crippen MR) is 104 cm³/mol. The van der Waals surface area contributed by atoms with E-state index < -0.39 is 36.2 Å². The third kappa shape index (κ3) is 5.53. The maximum absolute atomic E-state index is 12.7. The molecule has 0 fully saturated rings. The smallest absolute Gasteiger partial charge is 0.325 e. The molecule has 0 saturated heterocycles. The van der Waals surface area contributed by atoms with Gasteiger partial charge >= 0.3 is 5.97 Å². The molecular weight excluding hydrogens is 386 g/mol. The first-order chi connectivity index (χ1) is 12.9. The van der Waals surface area contributed by atoms with Gasteiger partial charge in [0.2, 0.25) is 5.91 Å². The molecule has 0 aliphatic rings. The Balaban J connectivity index is 0.00000392. The lowest BCUT2D eigenvalue weighted by atomic mass is 9.85. The molecule has 0 spiro atoms. The fourth-order valence-electron chi connectivity index (χ4n) is 2.50. The molecule has 8 nitrogen and oxygen atoms in total. The Bertz CT molecular complexity index is 762. The van der Waals surface area contributed by atoms with Crippen molar-refractivity contribution >= 4 is 30.2 Å². The number of aliphatic hydroxyl groups is 1. The SMILES string of the molecule is Cl.NC(=O)C[C@@H](N)C(=O)OCNC(=O)C(O)(c1ccccc1)c1ccccc1. The highest BCUT2D eigenvalue weighted by Crippen LogP contribution is 2.29. The normalized spacial score (nSPS) is 11.6. The van der Waals surface area contributed by atoms with E-state index in [1.54, 1.807) is 60.7 Å². The Morgan fingerprint density at radius 3 is 1.89 bits per heavy atom. The Morgan fingerprint density at radius 1 is 1.00 bits per heavy atom. The molecule has 0 saturated carbocycles. The van der Waals surface area contributed by atoms with Crippen molar-refractivity contribution in [3.63, 3.8) is 0 Å². The first-order valence-electron chi connectivity index (χ1n) is 8.18. The highest BCUT2D eigenvalue weighted by Gasteiger charge is 2.39. The number of esters is 1. The standard InChI is InChI=1S/C19H21N3O5.ClH/c20-15(11-16(21)23)17(24)27-12-22-18(25)19(26,13-7-3-1-4-8-13)14-9-5-2-6-10-14;/h1-10,15,26H,11-12,20H2,(H2,21,23)(H,22,25);1H/t15-;/m1./s1. The quantitative estimate of drug-likeness (QED) is 0.362. The predicted octanol–water partition coefficient (Wildman–Crippen LogP) is 0.164. The van der Waals surface area contributed by atoms with Crippen molar-refractivity contribution in [1.29, 1.82) is 0 Å². The number of carbonyl (C=O) groups is 3. The summed E-state index contributed by atoms with van der Waals surface area (Å²) in [7, 11) is 0. The van der Waals surface area contributed by atoms with Crippen LogP contribution in [0.5, 0.6) is 0 Å². The van der Waals surface area contributed by atoms with E-state index in [2.05, 4.69) is 5.32 Å². The Hall–Kier alpha value is -2.94. The molecule has 0 aromatic heterocycles. The maximum Gasteiger partial charge on any atom is 0.325 e. The van der Waals surface area contributed by atoms with E-state index in [1.165, 1.54) is 0 Å². The first-order valence-corrected chi connectivity index (χ1v) is 8.18. The van der Waals surface area contributed by atoms with Gasteiger partial charge < -0.3 is 26.6 Å². The molecule has 2 aromatic carbocycles. The zero-order valence-corrected chi connectivity index (χ0v) is 15.7. The van der Waals surface area contributed by atoms with Gasteiger partial charge in [0.1, 0.15) is 6.04 Å². The average molecular weight is 408 g/mol. The topological polar surface area (TPSA) is 145 Å². The lowest BCUT2D eigenvalue weighted by Crippen LogP contribution is -2.47. The molecule has 1 atom stereocenters. The van der Waals surface area contributed by atoms with Crippen LogP contribution in [0.4, 0.5) is 0 Å². The van der Waals surface area contributed by atoms with E-state index in [-0.39, 0.29) is 18.8 Å². The van der Waals surface area contributed by atoms with Gasteiger partial charge in [0.05, 0.1) is 6.42 Å². The number of carbonyl (C=O) groups excluding carboxylic acids is 3. The molecule has 0 aliphatic heterocycles. The van der Waals surface area contributed by atoms with Crippen molar-refractivity contribution in [2.45, 2.75) is 18.1 Å². The molecule has 2 rings (SSSR count). The molecule has 2 amide bonds. The fourth-order valence-corrected chi connectivity index (χ4v) is 2.50. The zero-order chi connectivity index (χ0) is 19.9. The van der Waals surface area contributed by atoms with Gasteiger partial charge in [-0.05, 0) is 11.1 Å². The van der Waals surface area contributed by atoms with Gasteiger partial charge in [0.25, 0.3) is 5.91 Å². The highest BCUT2D eigenvalue weighted by atomic mass is 35.5. The van der Waals surface area contributed by atoms with E-state index in [0.717, 1.165) is 0 Å². The van der Waals surface area contributed by atoms with Crippen molar-refractivity contribution in [1.82, 2.24) is 5.32 Å². The van der Waals surface area contributed by atoms with Gasteiger partial charge in [0.15, 0.2) is 12.3 Å². The summed E-state index contributed by atoms with van der Waals surface area (Å²) in [6.07, 6.45) is -0.370. The molecule has 0 unspecified atom stereocenters. The number of nitrogens with two attached hydrogens (primary N) is 2. The zero-order valence-electron chi connectivity index (χ0n) is 14.9. The molecule has 0 radical (unpaired) electrons. The third-order valence-electron chi connectivity index (χ3n) is 3.88. The average Bonchev–Trinajstić information content (AvgIpc) is 2.67. The summed E-state index contributed by atoms with van der Waals surface area (Å²) in [5, 5.41) is 13.5. The molecule has 0 bridgehead atoms. The van der Waals surface area contributed by atoms with Crippen LogP contribution in [0.25, 0.3) is 0 Å². The molecule has 150 valence electrons. The van der Waals surface area contributed by atoms with E-state index >= 15 is 0 Å². The number of hydrogen-bond acceptors (Lipinski definition) is 6.